The normalized spacial score (nSPS) is 15.8. The maximum atomic E-state index is 12.1. The molecule has 0 bridgehead atoms. The molecule has 5 heteroatoms. The second kappa shape index (κ2) is 8.70. The molecule has 1 aliphatic rings. The molecule has 1 fully saturated rings. The summed E-state index contributed by atoms with van der Waals surface area (Å²) in [6.45, 7) is 7.60. The summed E-state index contributed by atoms with van der Waals surface area (Å²) in [6, 6.07) is 14.0. The lowest BCUT2D eigenvalue weighted by Gasteiger charge is -2.29. The molecule has 1 N–H and O–H groups in total. The summed E-state index contributed by atoms with van der Waals surface area (Å²) in [5, 5.41) is 5.38. The summed E-state index contributed by atoms with van der Waals surface area (Å²) < 4.78 is 5.50. The first-order valence-corrected chi connectivity index (χ1v) is 10.6. The summed E-state index contributed by atoms with van der Waals surface area (Å²) in [5.41, 5.74) is 4.67. The fourth-order valence-corrected chi connectivity index (χ4v) is 4.51. The Kier molecular flexibility index (Phi) is 6.04. The maximum absolute atomic E-state index is 12.1. The van der Waals surface area contributed by atoms with Gasteiger partial charge >= 0.3 is 5.63 Å². The molecular weight excluding hydrogens is 384 g/mol. The largest absolute Gasteiger partial charge is 0.422 e. The van der Waals surface area contributed by atoms with Crippen LogP contribution < -0.4 is 10.9 Å². The van der Waals surface area contributed by atoms with Crippen LogP contribution in [0.2, 0.25) is 5.02 Å². The highest BCUT2D eigenvalue weighted by molar-refractivity contribution is 6.31. The van der Waals surface area contributed by atoms with Gasteiger partial charge in [-0.1, -0.05) is 41.9 Å². The minimum atomic E-state index is -0.301. The average molecular weight is 411 g/mol. The summed E-state index contributed by atoms with van der Waals surface area (Å²) in [7, 11) is 0. The van der Waals surface area contributed by atoms with Crippen LogP contribution >= 0.6 is 11.6 Å². The van der Waals surface area contributed by atoms with E-state index < -0.39 is 0 Å². The fourth-order valence-electron chi connectivity index (χ4n) is 4.25. The molecule has 4 nitrogen and oxygen atoms in total. The number of likely N-dealkylation sites (tertiary alicyclic amines) is 1. The van der Waals surface area contributed by atoms with Crippen LogP contribution in [0.5, 0.6) is 0 Å². The van der Waals surface area contributed by atoms with E-state index >= 15 is 0 Å². The van der Waals surface area contributed by atoms with Crippen molar-refractivity contribution in [3.63, 3.8) is 0 Å². The molecule has 0 saturated carbocycles. The van der Waals surface area contributed by atoms with E-state index in [4.69, 9.17) is 16.0 Å². The van der Waals surface area contributed by atoms with E-state index in [-0.39, 0.29) is 11.7 Å². The highest BCUT2D eigenvalue weighted by Gasteiger charge is 2.24. The monoisotopic (exact) mass is 410 g/mol. The van der Waals surface area contributed by atoms with E-state index in [2.05, 4.69) is 22.3 Å². The molecule has 0 radical (unpaired) electrons. The predicted molar refractivity (Wildman–Crippen MR) is 119 cm³/mol. The zero-order chi connectivity index (χ0) is 20.4. The molecule has 2 heterocycles. The van der Waals surface area contributed by atoms with Crippen LogP contribution in [0.25, 0.3) is 11.0 Å². The van der Waals surface area contributed by atoms with Crippen LogP contribution in [0.4, 0.5) is 0 Å². The van der Waals surface area contributed by atoms with Crippen molar-refractivity contribution in [2.75, 3.05) is 19.6 Å². The molecule has 1 atom stereocenters. The Labute approximate surface area is 176 Å². The van der Waals surface area contributed by atoms with Gasteiger partial charge in [0.25, 0.3) is 0 Å². The zero-order valence-electron chi connectivity index (χ0n) is 17.0. The van der Waals surface area contributed by atoms with E-state index in [9.17, 15) is 4.79 Å². The highest BCUT2D eigenvalue weighted by atomic mass is 35.5. The lowest BCUT2D eigenvalue weighted by molar-refractivity contribution is 0.238. The molecule has 0 aliphatic carbocycles. The molecule has 4 rings (SSSR count). The minimum Gasteiger partial charge on any atom is -0.422 e. The Bertz CT molecular complexity index is 1070. The van der Waals surface area contributed by atoms with Gasteiger partial charge in [-0.15, -0.1) is 0 Å². The van der Waals surface area contributed by atoms with E-state index in [0.29, 0.717) is 12.1 Å². The molecule has 1 aliphatic heterocycles. The second-order valence-electron chi connectivity index (χ2n) is 7.89. The first kappa shape index (κ1) is 20.1. The number of rotatable bonds is 6. The molecule has 3 aromatic rings. The number of nitrogens with one attached hydrogen (secondary N) is 1. The standard InChI is InChI=1S/C24H27ClN2O2/c1-16-9-10-19-18(13-23(28)29-24(19)17(16)2)14-26-15-22(27-11-5-6-12-27)20-7-3-4-8-21(20)25/h3-4,7-10,13,22,26H,5-6,11-12,14-15H2,1-2H3/t22-/m0/s1. The average Bonchev–Trinajstić information content (AvgIpc) is 3.24. The Morgan fingerprint density at radius 3 is 2.66 bits per heavy atom. The third-order valence-electron chi connectivity index (χ3n) is 6.02. The third-order valence-corrected chi connectivity index (χ3v) is 6.36. The number of benzene rings is 2. The summed E-state index contributed by atoms with van der Waals surface area (Å²) in [5.74, 6) is 0. The van der Waals surface area contributed by atoms with Gasteiger partial charge in [0.05, 0.1) is 0 Å². The van der Waals surface area contributed by atoms with Crippen LogP contribution in [-0.2, 0) is 6.54 Å². The van der Waals surface area contributed by atoms with E-state index in [1.165, 1.54) is 12.8 Å². The minimum absolute atomic E-state index is 0.224. The van der Waals surface area contributed by atoms with Crippen molar-refractivity contribution >= 4 is 22.6 Å². The van der Waals surface area contributed by atoms with E-state index in [1.807, 2.05) is 38.1 Å². The van der Waals surface area contributed by atoms with Crippen molar-refractivity contribution in [2.24, 2.45) is 0 Å². The maximum Gasteiger partial charge on any atom is 0.336 e. The number of halogens is 1. The van der Waals surface area contributed by atoms with Gasteiger partial charge in [0.2, 0.25) is 0 Å². The van der Waals surface area contributed by atoms with Crippen molar-refractivity contribution < 1.29 is 4.42 Å². The Balaban J connectivity index is 1.57. The van der Waals surface area contributed by atoms with Gasteiger partial charge in [0.1, 0.15) is 5.58 Å². The van der Waals surface area contributed by atoms with Crippen LogP contribution in [0.3, 0.4) is 0 Å². The van der Waals surface area contributed by atoms with Gasteiger partial charge in [-0.2, -0.15) is 0 Å². The summed E-state index contributed by atoms with van der Waals surface area (Å²) in [4.78, 5) is 14.6. The first-order valence-electron chi connectivity index (χ1n) is 10.3. The lowest BCUT2D eigenvalue weighted by atomic mass is 10.0. The van der Waals surface area contributed by atoms with Crippen LogP contribution in [-0.4, -0.2) is 24.5 Å². The van der Waals surface area contributed by atoms with Gasteiger partial charge in [-0.05, 0) is 68.1 Å². The SMILES string of the molecule is Cc1ccc2c(CNC[C@@H](c3ccccc3Cl)N3CCCC3)cc(=O)oc2c1C. The van der Waals surface area contributed by atoms with Gasteiger partial charge in [-0.25, -0.2) is 4.79 Å². The second-order valence-corrected chi connectivity index (χ2v) is 8.29. The van der Waals surface area contributed by atoms with Crippen molar-refractivity contribution in [3.05, 3.63) is 80.2 Å². The molecular formula is C24H27ClN2O2. The van der Waals surface area contributed by atoms with Gasteiger partial charge in [0.15, 0.2) is 0 Å². The van der Waals surface area contributed by atoms with Crippen LogP contribution in [0, 0.1) is 13.8 Å². The third kappa shape index (κ3) is 4.25. The van der Waals surface area contributed by atoms with E-state index in [1.54, 1.807) is 6.07 Å². The fraction of sp³-hybridized carbons (Fsp3) is 0.375. The highest BCUT2D eigenvalue weighted by Crippen LogP contribution is 2.30. The quantitative estimate of drug-likeness (QED) is 0.581. The topological polar surface area (TPSA) is 45.5 Å². The van der Waals surface area contributed by atoms with Crippen molar-refractivity contribution in [2.45, 2.75) is 39.3 Å². The van der Waals surface area contributed by atoms with Gasteiger partial charge in [0, 0.05) is 35.6 Å². The molecule has 1 aromatic heterocycles. The molecule has 0 spiro atoms. The smallest absolute Gasteiger partial charge is 0.336 e. The first-order chi connectivity index (χ1) is 14.0. The predicted octanol–water partition coefficient (Wildman–Crippen LogP) is 4.99. The molecule has 2 aromatic carbocycles. The number of aryl methyl sites for hydroxylation is 2. The molecule has 0 unspecified atom stereocenters. The number of hydrogen-bond acceptors (Lipinski definition) is 4. The number of hydrogen-bond donors (Lipinski definition) is 1. The molecule has 152 valence electrons. The number of fused-ring (bicyclic) bond motifs is 1. The van der Waals surface area contributed by atoms with Crippen LogP contribution in [0.15, 0.2) is 51.7 Å². The Morgan fingerprint density at radius 1 is 1.14 bits per heavy atom. The molecule has 29 heavy (non-hydrogen) atoms. The Hall–Kier alpha value is -2.14. The van der Waals surface area contributed by atoms with Gasteiger partial charge < -0.3 is 9.73 Å². The molecule has 1 saturated heterocycles. The number of nitrogens with zero attached hydrogens (tertiary/aromatic N) is 1. The van der Waals surface area contributed by atoms with E-state index in [0.717, 1.165) is 52.3 Å². The van der Waals surface area contributed by atoms with Crippen LogP contribution in [0.1, 0.15) is 41.1 Å². The van der Waals surface area contributed by atoms with Crippen molar-refractivity contribution in [1.82, 2.24) is 10.2 Å². The summed E-state index contributed by atoms with van der Waals surface area (Å²) in [6.07, 6.45) is 2.45. The zero-order valence-corrected chi connectivity index (χ0v) is 17.8. The summed E-state index contributed by atoms with van der Waals surface area (Å²) >= 11 is 6.52. The molecule has 0 amide bonds. The Morgan fingerprint density at radius 2 is 1.90 bits per heavy atom. The van der Waals surface area contributed by atoms with Crippen molar-refractivity contribution in [3.8, 4) is 0 Å². The lowest BCUT2D eigenvalue weighted by Crippen LogP contribution is -2.34. The van der Waals surface area contributed by atoms with Gasteiger partial charge in [-0.3, -0.25) is 4.90 Å². The van der Waals surface area contributed by atoms with Crippen molar-refractivity contribution in [1.29, 1.82) is 0 Å².